The van der Waals surface area contributed by atoms with Crippen molar-refractivity contribution < 1.29 is 4.39 Å². The lowest BCUT2D eigenvalue weighted by Crippen LogP contribution is -1.97. The van der Waals surface area contributed by atoms with Crippen molar-refractivity contribution in [3.63, 3.8) is 0 Å². The van der Waals surface area contributed by atoms with Crippen LogP contribution in [-0.2, 0) is 0 Å². The molecule has 0 saturated carbocycles. The quantitative estimate of drug-likeness (QED) is 0.510. The van der Waals surface area contributed by atoms with Crippen LogP contribution in [0.1, 0.15) is 27.1 Å². The third-order valence-corrected chi connectivity index (χ3v) is 4.87. The van der Waals surface area contributed by atoms with E-state index in [0.29, 0.717) is 9.50 Å². The van der Waals surface area contributed by atoms with Crippen LogP contribution in [0.4, 0.5) is 4.39 Å². The van der Waals surface area contributed by atoms with Crippen LogP contribution in [0.5, 0.6) is 0 Å². The first-order valence-corrected chi connectivity index (χ1v) is 7.84. The maximum atomic E-state index is 13.5. The monoisotopic (exact) mass is 404 g/mol. The number of rotatable bonds is 2. The van der Waals surface area contributed by atoms with Gasteiger partial charge in [0, 0.05) is 9.50 Å². The summed E-state index contributed by atoms with van der Waals surface area (Å²) in [4.78, 5) is -0.133. The molecule has 2 aromatic rings. The van der Waals surface area contributed by atoms with Gasteiger partial charge in [0.2, 0.25) is 0 Å². The van der Waals surface area contributed by atoms with Gasteiger partial charge in [0.1, 0.15) is 5.82 Å². The number of benzene rings is 2. The molecule has 0 fully saturated rings. The van der Waals surface area contributed by atoms with Crippen molar-refractivity contribution in [2.45, 2.75) is 18.7 Å². The minimum atomic E-state index is -0.270. The lowest BCUT2D eigenvalue weighted by atomic mass is 10.00. The van der Waals surface area contributed by atoms with E-state index in [1.807, 2.05) is 32.0 Å². The summed E-state index contributed by atoms with van der Waals surface area (Å²) < 4.78 is 14.2. The maximum Gasteiger partial charge on any atom is 0.124 e. The van der Waals surface area contributed by atoms with Crippen molar-refractivity contribution in [2.24, 2.45) is 0 Å². The molecule has 0 nitrogen and oxygen atoms in total. The summed E-state index contributed by atoms with van der Waals surface area (Å²) in [6.07, 6.45) is 0. The summed E-state index contributed by atoms with van der Waals surface area (Å²) in [5.41, 5.74) is 4.09. The molecule has 2 aromatic carbocycles. The van der Waals surface area contributed by atoms with Crippen LogP contribution in [0.15, 0.2) is 34.8 Å². The standard InChI is InChI=1S/C15H12Br2ClF/c1-8-3-13(14(18)4-9(8)2)15(17)10-5-11(16)7-12(19)6-10/h3-7,15H,1-2H3. The zero-order chi connectivity index (χ0) is 14.2. The predicted octanol–water partition coefficient (Wildman–Crippen LogP) is 6.34. The van der Waals surface area contributed by atoms with E-state index in [0.717, 1.165) is 16.7 Å². The molecule has 0 saturated heterocycles. The fourth-order valence-electron chi connectivity index (χ4n) is 1.90. The van der Waals surface area contributed by atoms with Crippen LogP contribution in [-0.4, -0.2) is 0 Å². The van der Waals surface area contributed by atoms with Gasteiger partial charge in [0.05, 0.1) is 4.83 Å². The minimum absolute atomic E-state index is 0.133. The van der Waals surface area contributed by atoms with E-state index in [1.165, 1.54) is 17.7 Å². The Hall–Kier alpha value is -0.380. The Balaban J connectivity index is 2.49. The van der Waals surface area contributed by atoms with Gasteiger partial charge in [0.15, 0.2) is 0 Å². The SMILES string of the molecule is Cc1cc(Cl)c(C(Br)c2cc(F)cc(Br)c2)cc1C. The highest BCUT2D eigenvalue weighted by atomic mass is 79.9. The molecule has 0 aliphatic carbocycles. The summed E-state index contributed by atoms with van der Waals surface area (Å²) >= 11 is 13.2. The van der Waals surface area contributed by atoms with Crippen LogP contribution in [0.2, 0.25) is 5.02 Å². The zero-order valence-electron chi connectivity index (χ0n) is 10.5. The number of hydrogen-bond acceptors (Lipinski definition) is 0. The molecule has 0 heterocycles. The van der Waals surface area contributed by atoms with Crippen LogP contribution in [0, 0.1) is 19.7 Å². The van der Waals surface area contributed by atoms with Gasteiger partial charge >= 0.3 is 0 Å². The van der Waals surface area contributed by atoms with Gasteiger partial charge in [-0.2, -0.15) is 0 Å². The van der Waals surface area contributed by atoms with Crippen molar-refractivity contribution in [3.05, 3.63) is 67.9 Å². The molecule has 19 heavy (non-hydrogen) atoms. The van der Waals surface area contributed by atoms with Gasteiger partial charge in [-0.05, 0) is 60.4 Å². The smallest absolute Gasteiger partial charge is 0.124 e. The van der Waals surface area contributed by atoms with Gasteiger partial charge in [-0.3, -0.25) is 0 Å². The Bertz CT molecular complexity index is 606. The Morgan fingerprint density at radius 1 is 1.05 bits per heavy atom. The summed E-state index contributed by atoms with van der Waals surface area (Å²) in [6, 6.07) is 8.81. The molecule has 4 heteroatoms. The van der Waals surface area contributed by atoms with E-state index >= 15 is 0 Å². The molecule has 1 unspecified atom stereocenters. The predicted molar refractivity (Wildman–Crippen MR) is 85.8 cm³/mol. The Kier molecular flexibility index (Phi) is 4.70. The molecule has 0 aliphatic heterocycles. The van der Waals surface area contributed by atoms with Crippen molar-refractivity contribution in [3.8, 4) is 0 Å². The summed E-state index contributed by atoms with van der Waals surface area (Å²) in [6.45, 7) is 4.06. The number of aryl methyl sites for hydroxylation is 2. The molecule has 0 bridgehead atoms. The van der Waals surface area contributed by atoms with Crippen LogP contribution in [0.3, 0.4) is 0 Å². The molecule has 0 aromatic heterocycles. The van der Waals surface area contributed by atoms with Crippen LogP contribution >= 0.6 is 43.5 Å². The molecular weight excluding hydrogens is 394 g/mol. The molecule has 0 radical (unpaired) electrons. The maximum absolute atomic E-state index is 13.5. The second-order valence-electron chi connectivity index (χ2n) is 4.52. The Morgan fingerprint density at radius 3 is 2.32 bits per heavy atom. The highest BCUT2D eigenvalue weighted by molar-refractivity contribution is 9.10. The minimum Gasteiger partial charge on any atom is -0.207 e. The second kappa shape index (κ2) is 5.94. The van der Waals surface area contributed by atoms with E-state index in [2.05, 4.69) is 31.9 Å². The molecule has 0 N–H and O–H groups in total. The first-order chi connectivity index (χ1) is 8.88. The molecule has 0 aliphatic rings. The van der Waals surface area contributed by atoms with Gasteiger partial charge in [-0.1, -0.05) is 49.5 Å². The Labute approximate surface area is 134 Å². The topological polar surface area (TPSA) is 0 Å². The highest BCUT2D eigenvalue weighted by Crippen LogP contribution is 2.37. The van der Waals surface area contributed by atoms with Crippen LogP contribution in [0.25, 0.3) is 0 Å². The summed E-state index contributed by atoms with van der Waals surface area (Å²) in [7, 11) is 0. The molecule has 2 rings (SSSR count). The van der Waals surface area contributed by atoms with E-state index in [4.69, 9.17) is 11.6 Å². The molecule has 1 atom stereocenters. The largest absolute Gasteiger partial charge is 0.207 e. The second-order valence-corrected chi connectivity index (χ2v) is 6.76. The number of alkyl halides is 1. The lowest BCUT2D eigenvalue weighted by molar-refractivity contribution is 0.625. The van der Waals surface area contributed by atoms with E-state index in [-0.39, 0.29) is 10.6 Å². The van der Waals surface area contributed by atoms with Gasteiger partial charge in [0.25, 0.3) is 0 Å². The van der Waals surface area contributed by atoms with Gasteiger partial charge < -0.3 is 0 Å². The normalized spacial score (nSPS) is 12.5. The van der Waals surface area contributed by atoms with Gasteiger partial charge in [-0.25, -0.2) is 4.39 Å². The van der Waals surface area contributed by atoms with Crippen molar-refractivity contribution in [1.82, 2.24) is 0 Å². The lowest BCUT2D eigenvalue weighted by Gasteiger charge is -2.15. The van der Waals surface area contributed by atoms with E-state index in [9.17, 15) is 4.39 Å². The van der Waals surface area contributed by atoms with E-state index < -0.39 is 0 Å². The molecule has 0 amide bonds. The highest BCUT2D eigenvalue weighted by Gasteiger charge is 2.16. The van der Waals surface area contributed by atoms with Crippen LogP contribution < -0.4 is 0 Å². The Morgan fingerprint density at radius 2 is 1.68 bits per heavy atom. The third kappa shape index (κ3) is 3.39. The average Bonchev–Trinajstić information content (AvgIpc) is 2.31. The summed E-state index contributed by atoms with van der Waals surface area (Å²) in [5.74, 6) is -0.270. The van der Waals surface area contributed by atoms with Crippen molar-refractivity contribution >= 4 is 43.5 Å². The zero-order valence-corrected chi connectivity index (χ0v) is 14.4. The summed E-state index contributed by atoms with van der Waals surface area (Å²) in [5, 5.41) is 0.686. The van der Waals surface area contributed by atoms with Crippen molar-refractivity contribution in [2.75, 3.05) is 0 Å². The van der Waals surface area contributed by atoms with Gasteiger partial charge in [-0.15, -0.1) is 0 Å². The fraction of sp³-hybridized carbons (Fsp3) is 0.200. The number of hydrogen-bond donors (Lipinski definition) is 0. The molecular formula is C15H12Br2ClF. The molecule has 0 spiro atoms. The number of halogens is 4. The first-order valence-electron chi connectivity index (χ1n) is 5.75. The van der Waals surface area contributed by atoms with Crippen molar-refractivity contribution in [1.29, 1.82) is 0 Å². The third-order valence-electron chi connectivity index (χ3n) is 3.06. The average molecular weight is 407 g/mol. The molecule has 100 valence electrons. The van der Waals surface area contributed by atoms with E-state index in [1.54, 1.807) is 0 Å². The fourth-order valence-corrected chi connectivity index (χ4v) is 3.48. The first kappa shape index (κ1) is 15.0.